The third-order valence-electron chi connectivity index (χ3n) is 3.19. The molecule has 0 unspecified atom stereocenters. The van der Waals surface area contributed by atoms with Crippen LogP contribution in [-0.2, 0) is 6.54 Å². The van der Waals surface area contributed by atoms with Crippen LogP contribution in [0.1, 0.15) is 29.1 Å². The van der Waals surface area contributed by atoms with Crippen molar-refractivity contribution in [3.05, 3.63) is 16.1 Å². The Morgan fingerprint density at radius 3 is 2.61 bits per heavy atom. The zero-order valence-corrected chi connectivity index (χ0v) is 11.2. The summed E-state index contributed by atoms with van der Waals surface area (Å²) in [5, 5.41) is 0.903. The summed E-state index contributed by atoms with van der Waals surface area (Å²) in [5.41, 5.74) is 0. The Balaban J connectivity index is 1.94. The molecular weight excluding hydrogens is 261 g/mol. The van der Waals surface area contributed by atoms with Gasteiger partial charge in [0.05, 0.1) is 11.6 Å². The van der Waals surface area contributed by atoms with Crippen molar-refractivity contribution in [2.45, 2.75) is 38.9 Å². The highest BCUT2D eigenvalue weighted by molar-refractivity contribution is 7.11. The summed E-state index contributed by atoms with van der Waals surface area (Å²) in [7, 11) is 0. The molecule has 0 N–H and O–H groups in total. The molecule has 102 valence electrons. The second-order valence-corrected chi connectivity index (χ2v) is 6.25. The van der Waals surface area contributed by atoms with Crippen LogP contribution in [0.2, 0.25) is 0 Å². The first kappa shape index (κ1) is 13.8. The zero-order valence-electron chi connectivity index (χ0n) is 10.3. The maximum absolute atomic E-state index is 12.5. The molecule has 18 heavy (non-hydrogen) atoms. The van der Waals surface area contributed by atoms with E-state index in [2.05, 4.69) is 4.98 Å². The van der Waals surface area contributed by atoms with E-state index in [0.29, 0.717) is 19.0 Å². The number of halogens is 3. The van der Waals surface area contributed by atoms with E-state index in [0.717, 1.165) is 29.1 Å². The van der Waals surface area contributed by atoms with Crippen LogP contribution in [0.25, 0.3) is 0 Å². The van der Waals surface area contributed by atoms with Crippen LogP contribution in [0.5, 0.6) is 0 Å². The maximum atomic E-state index is 12.5. The molecule has 1 aliphatic rings. The number of aryl methyl sites for hydroxylation is 1. The minimum atomic E-state index is -4.12. The molecule has 0 bridgehead atoms. The Morgan fingerprint density at radius 1 is 1.44 bits per heavy atom. The van der Waals surface area contributed by atoms with Crippen LogP contribution >= 0.6 is 11.3 Å². The van der Waals surface area contributed by atoms with E-state index in [4.69, 9.17) is 0 Å². The van der Waals surface area contributed by atoms with Gasteiger partial charge in [-0.1, -0.05) is 6.42 Å². The molecule has 0 saturated heterocycles. The Kier molecular flexibility index (Phi) is 4.27. The topological polar surface area (TPSA) is 16.1 Å². The maximum Gasteiger partial charge on any atom is 0.401 e. The summed E-state index contributed by atoms with van der Waals surface area (Å²) in [6.07, 6.45) is 0.851. The van der Waals surface area contributed by atoms with E-state index in [-0.39, 0.29) is 0 Å². The average molecular weight is 278 g/mol. The fraction of sp³-hybridized carbons (Fsp3) is 0.750. The molecule has 2 rings (SSSR count). The predicted molar refractivity (Wildman–Crippen MR) is 65.5 cm³/mol. The quantitative estimate of drug-likeness (QED) is 0.818. The minimum Gasteiger partial charge on any atom is -0.290 e. The van der Waals surface area contributed by atoms with Crippen LogP contribution in [-0.4, -0.2) is 29.1 Å². The molecule has 0 spiro atoms. The van der Waals surface area contributed by atoms with Gasteiger partial charge in [-0.3, -0.25) is 4.90 Å². The number of hydrogen-bond acceptors (Lipinski definition) is 3. The summed E-state index contributed by atoms with van der Waals surface area (Å²) in [4.78, 5) is 6.51. The number of nitrogens with zero attached hydrogens (tertiary/aromatic N) is 2. The van der Waals surface area contributed by atoms with Gasteiger partial charge in [-0.05, 0) is 25.7 Å². The zero-order chi connectivity index (χ0) is 13.2. The first-order valence-electron chi connectivity index (χ1n) is 6.13. The SMILES string of the molecule is Cc1ncc(CN(CC2CCC2)CC(F)(F)F)s1. The van der Waals surface area contributed by atoms with Crippen molar-refractivity contribution in [1.82, 2.24) is 9.88 Å². The second-order valence-electron chi connectivity index (χ2n) is 4.93. The number of rotatable bonds is 5. The van der Waals surface area contributed by atoms with Crippen molar-refractivity contribution in [1.29, 1.82) is 0 Å². The highest BCUT2D eigenvalue weighted by Gasteiger charge is 2.32. The number of alkyl halides is 3. The van der Waals surface area contributed by atoms with Gasteiger partial charge < -0.3 is 0 Å². The number of hydrogen-bond donors (Lipinski definition) is 0. The summed E-state index contributed by atoms with van der Waals surface area (Å²) in [6, 6.07) is 0. The van der Waals surface area contributed by atoms with Crippen LogP contribution in [0.4, 0.5) is 13.2 Å². The summed E-state index contributed by atoms with van der Waals surface area (Å²) in [5.74, 6) is 0.446. The normalized spacial score (nSPS) is 17.2. The molecule has 2 nitrogen and oxygen atoms in total. The minimum absolute atomic E-state index is 0.363. The van der Waals surface area contributed by atoms with Crippen molar-refractivity contribution >= 4 is 11.3 Å². The van der Waals surface area contributed by atoms with Gasteiger partial charge in [0.1, 0.15) is 0 Å². The first-order valence-corrected chi connectivity index (χ1v) is 6.94. The molecule has 0 aromatic carbocycles. The Hall–Kier alpha value is -0.620. The monoisotopic (exact) mass is 278 g/mol. The fourth-order valence-corrected chi connectivity index (χ4v) is 3.02. The van der Waals surface area contributed by atoms with Crippen LogP contribution in [0, 0.1) is 12.8 Å². The van der Waals surface area contributed by atoms with Crippen LogP contribution in [0.15, 0.2) is 6.20 Å². The van der Waals surface area contributed by atoms with Gasteiger partial charge in [0.25, 0.3) is 0 Å². The highest BCUT2D eigenvalue weighted by atomic mass is 32.1. The van der Waals surface area contributed by atoms with Gasteiger partial charge in [0.2, 0.25) is 0 Å². The first-order chi connectivity index (χ1) is 8.42. The lowest BCUT2D eigenvalue weighted by molar-refractivity contribution is -0.149. The molecule has 0 aliphatic heterocycles. The Bertz CT molecular complexity index is 385. The lowest BCUT2D eigenvalue weighted by Gasteiger charge is -2.32. The third kappa shape index (κ3) is 4.24. The highest BCUT2D eigenvalue weighted by Crippen LogP contribution is 2.29. The van der Waals surface area contributed by atoms with Gasteiger partial charge in [-0.15, -0.1) is 11.3 Å². The average Bonchev–Trinajstić information content (AvgIpc) is 2.55. The molecule has 1 fully saturated rings. The molecular formula is C12H17F3N2S. The molecule has 0 amide bonds. The van der Waals surface area contributed by atoms with Crippen LogP contribution in [0.3, 0.4) is 0 Å². The molecule has 0 radical (unpaired) electrons. The van der Waals surface area contributed by atoms with E-state index in [1.165, 1.54) is 16.2 Å². The van der Waals surface area contributed by atoms with E-state index in [1.54, 1.807) is 6.20 Å². The van der Waals surface area contributed by atoms with Gasteiger partial charge in [-0.25, -0.2) is 4.98 Å². The van der Waals surface area contributed by atoms with Gasteiger partial charge in [-0.2, -0.15) is 13.2 Å². The number of aromatic nitrogens is 1. The molecule has 1 aromatic heterocycles. The van der Waals surface area contributed by atoms with Crippen LogP contribution < -0.4 is 0 Å². The van der Waals surface area contributed by atoms with Gasteiger partial charge in [0, 0.05) is 24.2 Å². The van der Waals surface area contributed by atoms with Crippen molar-refractivity contribution in [2.24, 2.45) is 5.92 Å². The Labute approximate surface area is 109 Å². The second kappa shape index (κ2) is 5.57. The third-order valence-corrected chi connectivity index (χ3v) is 4.09. The summed E-state index contributed by atoms with van der Waals surface area (Å²) < 4.78 is 37.6. The summed E-state index contributed by atoms with van der Waals surface area (Å²) >= 11 is 1.47. The largest absolute Gasteiger partial charge is 0.401 e. The number of thiazole rings is 1. The van der Waals surface area contributed by atoms with E-state index in [1.807, 2.05) is 6.92 Å². The predicted octanol–water partition coefficient (Wildman–Crippen LogP) is 3.62. The fourth-order valence-electron chi connectivity index (χ4n) is 2.18. The van der Waals surface area contributed by atoms with Crippen molar-refractivity contribution < 1.29 is 13.2 Å². The smallest absolute Gasteiger partial charge is 0.290 e. The van der Waals surface area contributed by atoms with Gasteiger partial charge >= 0.3 is 6.18 Å². The van der Waals surface area contributed by atoms with Crippen molar-refractivity contribution in [3.63, 3.8) is 0 Å². The molecule has 1 aliphatic carbocycles. The molecule has 1 heterocycles. The molecule has 1 saturated carbocycles. The lowest BCUT2D eigenvalue weighted by Crippen LogP contribution is -2.38. The van der Waals surface area contributed by atoms with Gasteiger partial charge in [0.15, 0.2) is 0 Å². The van der Waals surface area contributed by atoms with E-state index >= 15 is 0 Å². The van der Waals surface area contributed by atoms with Crippen molar-refractivity contribution in [3.8, 4) is 0 Å². The summed E-state index contributed by atoms with van der Waals surface area (Å²) in [6.45, 7) is 1.96. The standard InChI is InChI=1S/C12H17F3N2S/c1-9-16-5-11(18-9)7-17(8-12(13,14)15)6-10-3-2-4-10/h5,10H,2-4,6-8H2,1H3. The lowest BCUT2D eigenvalue weighted by atomic mass is 9.85. The molecule has 0 atom stereocenters. The molecule has 1 aromatic rings. The van der Waals surface area contributed by atoms with Crippen molar-refractivity contribution in [2.75, 3.05) is 13.1 Å². The molecule has 6 heteroatoms. The van der Waals surface area contributed by atoms with E-state index < -0.39 is 12.7 Å². The van der Waals surface area contributed by atoms with E-state index in [9.17, 15) is 13.2 Å². The Morgan fingerprint density at radius 2 is 2.17 bits per heavy atom.